The van der Waals surface area contributed by atoms with Crippen molar-refractivity contribution in [1.29, 1.82) is 0 Å². The Morgan fingerprint density at radius 2 is 1.45 bits per heavy atom. The van der Waals surface area contributed by atoms with Gasteiger partial charge in [-0.05, 0) is 6.92 Å². The fourth-order valence-electron chi connectivity index (χ4n) is 2.10. The van der Waals surface area contributed by atoms with Gasteiger partial charge in [0.05, 0.1) is 6.10 Å². The molecule has 2 nitrogen and oxygen atoms in total. The SMILES string of the molecule is C=C(C)C(O)CP(=O)(c1ccccc1)c1ccccc1. The number of hydrogen-bond donors (Lipinski definition) is 1. The van der Waals surface area contributed by atoms with Crippen LogP contribution in [0.25, 0.3) is 0 Å². The predicted octanol–water partition coefficient (Wildman–Crippen LogP) is 2.94. The molecule has 2 rings (SSSR count). The van der Waals surface area contributed by atoms with Crippen molar-refractivity contribution in [3.8, 4) is 0 Å². The summed E-state index contributed by atoms with van der Waals surface area (Å²) < 4.78 is 13.5. The molecule has 0 aliphatic carbocycles. The third kappa shape index (κ3) is 3.09. The monoisotopic (exact) mass is 286 g/mol. The Labute approximate surface area is 120 Å². The van der Waals surface area contributed by atoms with Crippen LogP contribution >= 0.6 is 7.14 Å². The highest BCUT2D eigenvalue weighted by Gasteiger charge is 2.30. The first-order chi connectivity index (χ1) is 9.54. The van der Waals surface area contributed by atoms with Crippen molar-refractivity contribution in [3.63, 3.8) is 0 Å². The second kappa shape index (κ2) is 6.21. The Balaban J connectivity index is 2.50. The molecule has 1 atom stereocenters. The molecular formula is C17H19O2P. The van der Waals surface area contributed by atoms with Crippen molar-refractivity contribution in [2.24, 2.45) is 0 Å². The van der Waals surface area contributed by atoms with Crippen molar-refractivity contribution in [2.45, 2.75) is 13.0 Å². The Bertz CT molecular complexity index is 576. The lowest BCUT2D eigenvalue weighted by atomic mass is 10.2. The molecule has 1 N–H and O–H groups in total. The molecule has 0 amide bonds. The summed E-state index contributed by atoms with van der Waals surface area (Å²) >= 11 is 0. The lowest BCUT2D eigenvalue weighted by Crippen LogP contribution is -2.25. The lowest BCUT2D eigenvalue weighted by molar-refractivity contribution is 0.234. The number of aliphatic hydroxyl groups excluding tert-OH is 1. The molecule has 0 radical (unpaired) electrons. The van der Waals surface area contributed by atoms with E-state index in [-0.39, 0.29) is 6.16 Å². The number of rotatable bonds is 5. The first-order valence-corrected chi connectivity index (χ1v) is 8.47. The van der Waals surface area contributed by atoms with Gasteiger partial charge in [-0.1, -0.05) is 72.8 Å². The third-order valence-corrected chi connectivity index (χ3v) is 6.47. The van der Waals surface area contributed by atoms with E-state index in [1.165, 1.54) is 0 Å². The molecule has 104 valence electrons. The standard InChI is InChI=1S/C17H19O2P/c1-14(2)17(18)13-20(19,15-9-5-3-6-10-15)16-11-7-4-8-12-16/h3-12,17-18H,1,13H2,2H3. The topological polar surface area (TPSA) is 37.3 Å². The Kier molecular flexibility index (Phi) is 4.59. The average molecular weight is 286 g/mol. The van der Waals surface area contributed by atoms with E-state index in [4.69, 9.17) is 0 Å². The van der Waals surface area contributed by atoms with E-state index in [1.807, 2.05) is 60.7 Å². The summed E-state index contributed by atoms with van der Waals surface area (Å²) in [6.07, 6.45) is -0.572. The van der Waals surface area contributed by atoms with E-state index < -0.39 is 13.2 Å². The van der Waals surface area contributed by atoms with E-state index >= 15 is 0 Å². The summed E-state index contributed by atoms with van der Waals surface area (Å²) in [5.41, 5.74) is 0.636. The summed E-state index contributed by atoms with van der Waals surface area (Å²) in [4.78, 5) is 0. The minimum absolute atomic E-state index is 0.191. The van der Waals surface area contributed by atoms with Crippen LogP contribution in [0.2, 0.25) is 0 Å². The highest BCUT2D eigenvalue weighted by Crippen LogP contribution is 2.44. The van der Waals surface area contributed by atoms with Gasteiger partial charge in [-0.15, -0.1) is 0 Å². The van der Waals surface area contributed by atoms with E-state index in [0.29, 0.717) is 5.57 Å². The summed E-state index contributed by atoms with van der Waals surface area (Å²) in [5.74, 6) is 0. The zero-order chi connectivity index (χ0) is 14.6. The van der Waals surface area contributed by atoms with Gasteiger partial charge in [0, 0.05) is 16.8 Å². The number of hydrogen-bond acceptors (Lipinski definition) is 2. The van der Waals surface area contributed by atoms with Gasteiger partial charge in [-0.2, -0.15) is 0 Å². The maximum absolute atomic E-state index is 13.5. The fourth-order valence-corrected chi connectivity index (χ4v) is 4.92. The number of aliphatic hydroxyl groups is 1. The minimum atomic E-state index is -2.84. The maximum Gasteiger partial charge on any atom is 0.146 e. The fraction of sp³-hybridized carbons (Fsp3) is 0.176. The van der Waals surface area contributed by atoms with Gasteiger partial charge in [-0.25, -0.2) is 0 Å². The summed E-state index contributed by atoms with van der Waals surface area (Å²) in [6, 6.07) is 18.7. The van der Waals surface area contributed by atoms with E-state index in [9.17, 15) is 9.67 Å². The predicted molar refractivity (Wildman–Crippen MR) is 85.4 cm³/mol. The molecule has 20 heavy (non-hydrogen) atoms. The first kappa shape index (κ1) is 14.8. The van der Waals surface area contributed by atoms with Crippen molar-refractivity contribution in [3.05, 3.63) is 72.8 Å². The molecule has 3 heteroatoms. The Morgan fingerprint density at radius 3 is 1.80 bits per heavy atom. The van der Waals surface area contributed by atoms with Crippen molar-refractivity contribution >= 4 is 17.8 Å². The molecular weight excluding hydrogens is 267 g/mol. The maximum atomic E-state index is 13.5. The van der Waals surface area contributed by atoms with Crippen LogP contribution in [0.5, 0.6) is 0 Å². The second-order valence-electron chi connectivity index (χ2n) is 4.96. The molecule has 0 bridgehead atoms. The van der Waals surface area contributed by atoms with E-state index in [1.54, 1.807) is 6.92 Å². The van der Waals surface area contributed by atoms with E-state index in [2.05, 4.69) is 6.58 Å². The highest BCUT2D eigenvalue weighted by atomic mass is 31.2. The molecule has 2 aromatic rings. The Hall–Kier alpha value is -1.63. The normalized spacial score (nSPS) is 12.9. The van der Waals surface area contributed by atoms with Crippen LogP contribution in [0.15, 0.2) is 72.8 Å². The van der Waals surface area contributed by atoms with Gasteiger partial charge >= 0.3 is 0 Å². The second-order valence-corrected chi connectivity index (χ2v) is 7.83. The van der Waals surface area contributed by atoms with Crippen LogP contribution in [0.3, 0.4) is 0 Å². The van der Waals surface area contributed by atoms with Crippen LogP contribution in [0, 0.1) is 0 Å². The quantitative estimate of drug-likeness (QED) is 0.678. The van der Waals surface area contributed by atoms with Gasteiger partial charge < -0.3 is 9.67 Å². The molecule has 0 aromatic heterocycles. The van der Waals surface area contributed by atoms with Crippen molar-refractivity contribution in [1.82, 2.24) is 0 Å². The number of benzene rings is 2. The largest absolute Gasteiger partial charge is 0.388 e. The first-order valence-electron chi connectivity index (χ1n) is 6.58. The smallest absolute Gasteiger partial charge is 0.146 e. The molecule has 0 saturated heterocycles. The molecule has 0 heterocycles. The van der Waals surface area contributed by atoms with Gasteiger partial charge in [0.2, 0.25) is 0 Å². The van der Waals surface area contributed by atoms with Crippen LogP contribution in [0.4, 0.5) is 0 Å². The van der Waals surface area contributed by atoms with Crippen molar-refractivity contribution in [2.75, 3.05) is 6.16 Å². The molecule has 2 aromatic carbocycles. The van der Waals surface area contributed by atoms with E-state index in [0.717, 1.165) is 10.6 Å². The van der Waals surface area contributed by atoms with Gasteiger partial charge in [0.1, 0.15) is 7.14 Å². The average Bonchev–Trinajstić information content (AvgIpc) is 2.48. The minimum Gasteiger partial charge on any atom is -0.388 e. The molecule has 0 fully saturated rings. The molecule has 0 saturated carbocycles. The summed E-state index contributed by atoms with van der Waals surface area (Å²) in [6.45, 7) is 5.51. The third-order valence-electron chi connectivity index (χ3n) is 3.35. The summed E-state index contributed by atoms with van der Waals surface area (Å²) in [5, 5.41) is 11.7. The van der Waals surface area contributed by atoms with Crippen LogP contribution in [0.1, 0.15) is 6.92 Å². The van der Waals surface area contributed by atoms with Gasteiger partial charge in [0.15, 0.2) is 0 Å². The van der Waals surface area contributed by atoms with Crippen molar-refractivity contribution < 1.29 is 9.67 Å². The molecule has 1 unspecified atom stereocenters. The van der Waals surface area contributed by atoms with Crippen LogP contribution < -0.4 is 10.6 Å². The Morgan fingerprint density at radius 1 is 1.05 bits per heavy atom. The van der Waals surface area contributed by atoms with Crippen LogP contribution in [-0.4, -0.2) is 17.4 Å². The zero-order valence-corrected chi connectivity index (χ0v) is 12.5. The van der Waals surface area contributed by atoms with Crippen LogP contribution in [-0.2, 0) is 4.57 Å². The lowest BCUT2D eigenvalue weighted by Gasteiger charge is -2.22. The molecule has 0 spiro atoms. The summed E-state index contributed by atoms with van der Waals surface area (Å²) in [7, 11) is -2.84. The zero-order valence-electron chi connectivity index (χ0n) is 11.6. The molecule has 0 aliphatic rings. The van der Waals surface area contributed by atoms with Gasteiger partial charge in [0.25, 0.3) is 0 Å². The highest BCUT2D eigenvalue weighted by molar-refractivity contribution is 7.78. The molecule has 0 aliphatic heterocycles. The van der Waals surface area contributed by atoms with Gasteiger partial charge in [-0.3, -0.25) is 0 Å².